The molecule has 0 saturated heterocycles. The number of pyridine rings is 1. The molecule has 3 rings (SSSR count). The minimum atomic E-state index is -0.856. The molecule has 0 spiro atoms. The summed E-state index contributed by atoms with van der Waals surface area (Å²) in [5.74, 6) is -0.0711. The van der Waals surface area contributed by atoms with Gasteiger partial charge < -0.3 is 15.2 Å². The molecular weight excluding hydrogens is 322 g/mol. The molecule has 0 aliphatic carbocycles. The molecule has 1 aliphatic rings. The van der Waals surface area contributed by atoms with Crippen molar-refractivity contribution in [1.82, 2.24) is 4.98 Å². The molecular formula is C18H19N3O4. The van der Waals surface area contributed by atoms with Gasteiger partial charge in [0.1, 0.15) is 12.4 Å². The summed E-state index contributed by atoms with van der Waals surface area (Å²) in [5, 5.41) is 0. The fourth-order valence-electron chi connectivity index (χ4n) is 2.58. The average Bonchev–Trinajstić information content (AvgIpc) is 2.57. The predicted octanol–water partition coefficient (Wildman–Crippen LogP) is 2.08. The lowest BCUT2D eigenvalue weighted by molar-refractivity contribution is -0.147. The predicted molar refractivity (Wildman–Crippen MR) is 92.0 cm³/mol. The minimum Gasteiger partial charge on any atom is -0.472 e. The summed E-state index contributed by atoms with van der Waals surface area (Å²) in [6.45, 7) is 3.24. The smallest absolute Gasteiger partial charge is 0.326 e. The van der Waals surface area contributed by atoms with Gasteiger partial charge in [0.25, 0.3) is 5.91 Å². The maximum absolute atomic E-state index is 12.9. The van der Waals surface area contributed by atoms with Gasteiger partial charge in [-0.2, -0.15) is 0 Å². The van der Waals surface area contributed by atoms with Crippen molar-refractivity contribution >= 4 is 23.5 Å². The molecule has 1 unspecified atom stereocenters. The number of carbonyl (C=O) groups excluding carboxylic acids is 2. The van der Waals surface area contributed by atoms with Crippen molar-refractivity contribution in [2.75, 3.05) is 17.2 Å². The van der Waals surface area contributed by atoms with Crippen LogP contribution < -0.4 is 15.4 Å². The number of nitrogens with zero attached hydrogens (tertiary/aromatic N) is 2. The maximum Gasteiger partial charge on any atom is 0.326 e. The second-order valence-corrected chi connectivity index (χ2v) is 5.93. The van der Waals surface area contributed by atoms with Gasteiger partial charge in [0.05, 0.1) is 6.10 Å². The molecule has 0 bridgehead atoms. The van der Waals surface area contributed by atoms with Crippen LogP contribution in [0.4, 0.5) is 11.6 Å². The zero-order valence-electron chi connectivity index (χ0n) is 14.0. The molecule has 1 atom stereocenters. The van der Waals surface area contributed by atoms with Gasteiger partial charge in [0, 0.05) is 5.56 Å². The molecule has 1 amide bonds. The van der Waals surface area contributed by atoms with Crippen LogP contribution in [0.5, 0.6) is 5.75 Å². The number of esters is 1. The number of ether oxygens (including phenoxy) is 2. The Balaban J connectivity index is 1.97. The zero-order chi connectivity index (χ0) is 18.0. The van der Waals surface area contributed by atoms with E-state index in [4.69, 9.17) is 15.2 Å². The zero-order valence-corrected chi connectivity index (χ0v) is 14.0. The van der Waals surface area contributed by atoms with Crippen LogP contribution in [0.15, 0.2) is 42.5 Å². The summed E-state index contributed by atoms with van der Waals surface area (Å²) in [6, 6.07) is 12.3. The SMILES string of the molecule is CC(C)OC(=O)CN1C(=O)C(c2ccccc2)Oc2ccc(N)nc21. The van der Waals surface area contributed by atoms with E-state index >= 15 is 0 Å². The van der Waals surface area contributed by atoms with Gasteiger partial charge in [-0.25, -0.2) is 4.98 Å². The first-order valence-corrected chi connectivity index (χ1v) is 7.94. The Labute approximate surface area is 145 Å². The molecule has 2 heterocycles. The Morgan fingerprint density at radius 1 is 1.28 bits per heavy atom. The molecule has 1 aromatic carbocycles. The highest BCUT2D eigenvalue weighted by molar-refractivity contribution is 6.02. The van der Waals surface area contributed by atoms with Crippen molar-refractivity contribution in [1.29, 1.82) is 0 Å². The maximum atomic E-state index is 12.9. The van der Waals surface area contributed by atoms with Gasteiger partial charge in [-0.15, -0.1) is 0 Å². The van der Waals surface area contributed by atoms with Crippen LogP contribution in [0, 0.1) is 0 Å². The van der Waals surface area contributed by atoms with Crippen molar-refractivity contribution in [2.24, 2.45) is 0 Å². The van der Waals surface area contributed by atoms with Crippen LogP contribution in [-0.2, 0) is 14.3 Å². The number of amides is 1. The van der Waals surface area contributed by atoms with Gasteiger partial charge in [-0.1, -0.05) is 30.3 Å². The van der Waals surface area contributed by atoms with E-state index in [1.165, 1.54) is 4.90 Å². The van der Waals surface area contributed by atoms with Gasteiger partial charge in [-0.05, 0) is 26.0 Å². The Kier molecular flexibility index (Phi) is 4.56. The topological polar surface area (TPSA) is 94.8 Å². The number of fused-ring (bicyclic) bond motifs is 1. The van der Waals surface area contributed by atoms with E-state index in [2.05, 4.69) is 4.98 Å². The van der Waals surface area contributed by atoms with Crippen molar-refractivity contribution in [3.05, 3.63) is 48.0 Å². The van der Waals surface area contributed by atoms with Gasteiger partial charge in [0.2, 0.25) is 6.10 Å². The molecule has 0 radical (unpaired) electrons. The van der Waals surface area contributed by atoms with Crippen LogP contribution in [0.2, 0.25) is 0 Å². The molecule has 7 heteroatoms. The quantitative estimate of drug-likeness (QED) is 0.856. The largest absolute Gasteiger partial charge is 0.472 e. The van der Waals surface area contributed by atoms with E-state index in [0.717, 1.165) is 0 Å². The Morgan fingerprint density at radius 3 is 2.68 bits per heavy atom. The minimum absolute atomic E-state index is 0.220. The van der Waals surface area contributed by atoms with E-state index in [9.17, 15) is 9.59 Å². The molecule has 0 saturated carbocycles. The van der Waals surface area contributed by atoms with E-state index in [1.807, 2.05) is 18.2 Å². The first kappa shape index (κ1) is 16.8. The lowest BCUT2D eigenvalue weighted by atomic mass is 10.1. The van der Waals surface area contributed by atoms with Crippen LogP contribution in [0.1, 0.15) is 25.5 Å². The monoisotopic (exact) mass is 341 g/mol. The first-order chi connectivity index (χ1) is 12.0. The number of anilines is 2. The van der Waals surface area contributed by atoms with Crippen molar-refractivity contribution in [3.63, 3.8) is 0 Å². The van der Waals surface area contributed by atoms with Crippen LogP contribution in [0.25, 0.3) is 0 Å². The Hall–Kier alpha value is -3.09. The normalized spacial score (nSPS) is 16.4. The Morgan fingerprint density at radius 2 is 2.00 bits per heavy atom. The highest BCUT2D eigenvalue weighted by Crippen LogP contribution is 2.37. The van der Waals surface area contributed by atoms with Gasteiger partial charge >= 0.3 is 5.97 Å². The summed E-state index contributed by atoms with van der Waals surface area (Å²) < 4.78 is 11.0. The average molecular weight is 341 g/mol. The number of rotatable bonds is 4. The number of carbonyl (C=O) groups is 2. The van der Waals surface area contributed by atoms with Crippen molar-refractivity contribution < 1.29 is 19.1 Å². The van der Waals surface area contributed by atoms with E-state index in [-0.39, 0.29) is 24.3 Å². The molecule has 2 N–H and O–H groups in total. The molecule has 1 aromatic heterocycles. The molecule has 1 aliphatic heterocycles. The second-order valence-electron chi connectivity index (χ2n) is 5.93. The fourth-order valence-corrected chi connectivity index (χ4v) is 2.58. The first-order valence-electron chi connectivity index (χ1n) is 7.94. The lowest BCUT2D eigenvalue weighted by Gasteiger charge is -2.33. The third kappa shape index (κ3) is 3.55. The van der Waals surface area contributed by atoms with Crippen molar-refractivity contribution in [3.8, 4) is 5.75 Å². The van der Waals surface area contributed by atoms with Crippen molar-refractivity contribution in [2.45, 2.75) is 26.1 Å². The van der Waals surface area contributed by atoms with E-state index in [0.29, 0.717) is 11.3 Å². The number of hydrogen-bond acceptors (Lipinski definition) is 6. The van der Waals surface area contributed by atoms with Crippen LogP contribution in [-0.4, -0.2) is 29.5 Å². The lowest BCUT2D eigenvalue weighted by Crippen LogP contribution is -2.45. The highest BCUT2D eigenvalue weighted by Gasteiger charge is 2.38. The molecule has 2 aromatic rings. The van der Waals surface area contributed by atoms with Crippen LogP contribution >= 0.6 is 0 Å². The van der Waals surface area contributed by atoms with E-state index < -0.39 is 18.0 Å². The molecule has 7 nitrogen and oxygen atoms in total. The third-order valence-electron chi connectivity index (χ3n) is 3.61. The number of benzene rings is 1. The molecule has 0 fully saturated rings. The Bertz CT molecular complexity index is 792. The summed E-state index contributed by atoms with van der Waals surface area (Å²) >= 11 is 0. The van der Waals surface area contributed by atoms with E-state index in [1.54, 1.807) is 38.1 Å². The van der Waals surface area contributed by atoms with Gasteiger partial charge in [-0.3, -0.25) is 14.5 Å². The van der Waals surface area contributed by atoms with Crippen LogP contribution in [0.3, 0.4) is 0 Å². The summed E-state index contributed by atoms with van der Waals surface area (Å²) in [4.78, 5) is 30.4. The molecule has 130 valence electrons. The standard InChI is InChI=1S/C18H19N3O4/c1-11(2)24-15(22)10-21-17-13(8-9-14(19)20-17)25-16(18(21)23)12-6-4-3-5-7-12/h3-9,11,16H,10H2,1-2H3,(H2,19,20). The third-order valence-corrected chi connectivity index (χ3v) is 3.61. The summed E-state index contributed by atoms with van der Waals surface area (Å²) in [6.07, 6.45) is -1.13. The number of nitrogen functional groups attached to an aromatic ring is 1. The highest BCUT2D eigenvalue weighted by atomic mass is 16.5. The second kappa shape index (κ2) is 6.80. The number of nitrogens with two attached hydrogens (primary N) is 1. The number of hydrogen-bond donors (Lipinski definition) is 1. The number of aromatic nitrogens is 1. The van der Waals surface area contributed by atoms with Gasteiger partial charge in [0.15, 0.2) is 11.6 Å². The summed E-state index contributed by atoms with van der Waals surface area (Å²) in [7, 11) is 0. The summed E-state index contributed by atoms with van der Waals surface area (Å²) in [5.41, 5.74) is 6.42. The molecule has 25 heavy (non-hydrogen) atoms. The fraction of sp³-hybridized carbons (Fsp3) is 0.278.